The highest BCUT2D eigenvalue weighted by Gasteiger charge is 2.10. The maximum atomic E-state index is 11.7. The van der Waals surface area contributed by atoms with Gasteiger partial charge in [0.15, 0.2) is 0 Å². The maximum absolute atomic E-state index is 11.7. The van der Waals surface area contributed by atoms with Gasteiger partial charge in [-0.3, -0.25) is 4.79 Å². The average Bonchev–Trinajstić information content (AvgIpc) is 2.36. The minimum Gasteiger partial charge on any atom is -0.352 e. The van der Waals surface area contributed by atoms with E-state index in [0.717, 1.165) is 18.4 Å². The number of hydrogen-bond acceptors (Lipinski definition) is 2. The molecule has 1 amide bonds. The van der Waals surface area contributed by atoms with Crippen LogP contribution in [-0.4, -0.2) is 5.91 Å². The molecule has 1 N–H and O–H groups in total. The van der Waals surface area contributed by atoms with Gasteiger partial charge in [-0.05, 0) is 24.1 Å². The summed E-state index contributed by atoms with van der Waals surface area (Å²) in [6, 6.07) is 9.37. The molecule has 0 aliphatic rings. The van der Waals surface area contributed by atoms with Gasteiger partial charge < -0.3 is 5.32 Å². The van der Waals surface area contributed by atoms with E-state index in [4.69, 9.17) is 5.26 Å². The Morgan fingerprint density at radius 3 is 2.94 bits per heavy atom. The lowest BCUT2D eigenvalue weighted by Crippen LogP contribution is -2.28. The summed E-state index contributed by atoms with van der Waals surface area (Å²) in [5.74, 6) is 0.133. The third-order valence-corrected chi connectivity index (χ3v) is 2.69. The lowest BCUT2D eigenvalue weighted by atomic mass is 10.1. The predicted octanol–water partition coefficient (Wildman–Crippen LogP) is 2.61. The summed E-state index contributed by atoms with van der Waals surface area (Å²) in [4.78, 5) is 11.7. The smallest absolute Gasteiger partial charge is 0.223 e. The quantitative estimate of drug-likeness (QED) is 0.845. The van der Waals surface area contributed by atoms with Crippen LogP contribution in [0.2, 0.25) is 0 Å². The first-order valence-electron chi connectivity index (χ1n) is 5.94. The van der Waals surface area contributed by atoms with Gasteiger partial charge in [-0.25, -0.2) is 0 Å². The molecule has 1 atom stereocenters. The Labute approximate surface area is 102 Å². The number of carbonyl (C=O) groups is 1. The molecule has 1 aromatic carbocycles. The average molecular weight is 230 g/mol. The van der Waals surface area contributed by atoms with Crippen molar-refractivity contribution in [2.75, 3.05) is 0 Å². The van der Waals surface area contributed by atoms with Gasteiger partial charge in [-0.15, -0.1) is 0 Å². The highest BCUT2D eigenvalue weighted by molar-refractivity contribution is 5.78. The van der Waals surface area contributed by atoms with Crippen molar-refractivity contribution in [3.05, 3.63) is 35.4 Å². The molecular formula is C14H18N2O. The Balaban J connectivity index is 2.50. The fourth-order valence-corrected chi connectivity index (χ4v) is 1.68. The normalized spacial score (nSPS) is 11.6. The molecule has 0 aromatic heterocycles. The van der Waals surface area contributed by atoms with Crippen molar-refractivity contribution in [3.63, 3.8) is 0 Å². The van der Waals surface area contributed by atoms with Gasteiger partial charge in [0, 0.05) is 12.5 Å². The van der Waals surface area contributed by atoms with Crippen LogP contribution in [0.1, 0.15) is 37.8 Å². The molecular weight excluding hydrogens is 212 g/mol. The van der Waals surface area contributed by atoms with E-state index in [9.17, 15) is 4.79 Å². The van der Waals surface area contributed by atoms with Gasteiger partial charge in [-0.1, -0.05) is 32.4 Å². The van der Waals surface area contributed by atoms with Crippen molar-refractivity contribution in [1.82, 2.24) is 5.32 Å². The van der Waals surface area contributed by atoms with E-state index in [2.05, 4.69) is 18.3 Å². The van der Waals surface area contributed by atoms with Crippen molar-refractivity contribution in [2.24, 2.45) is 5.92 Å². The molecule has 3 nitrogen and oxygen atoms in total. The zero-order valence-corrected chi connectivity index (χ0v) is 10.4. The van der Waals surface area contributed by atoms with Crippen LogP contribution in [0.3, 0.4) is 0 Å². The second kappa shape index (κ2) is 6.70. The fourth-order valence-electron chi connectivity index (χ4n) is 1.68. The molecule has 1 rings (SSSR count). The van der Waals surface area contributed by atoms with Gasteiger partial charge in [0.25, 0.3) is 0 Å². The number of nitrogens with one attached hydrogen (secondary N) is 1. The second-order valence-corrected chi connectivity index (χ2v) is 4.22. The zero-order valence-electron chi connectivity index (χ0n) is 10.4. The van der Waals surface area contributed by atoms with Crippen molar-refractivity contribution in [3.8, 4) is 6.07 Å². The number of nitriles is 1. The zero-order chi connectivity index (χ0) is 12.7. The molecule has 0 radical (unpaired) electrons. The number of rotatable bonds is 5. The highest BCUT2D eigenvalue weighted by atomic mass is 16.1. The molecule has 0 aliphatic heterocycles. The topological polar surface area (TPSA) is 52.9 Å². The summed E-state index contributed by atoms with van der Waals surface area (Å²) in [5.41, 5.74) is 1.58. The van der Waals surface area contributed by atoms with E-state index >= 15 is 0 Å². The number of carbonyl (C=O) groups excluding carboxylic acids is 1. The predicted molar refractivity (Wildman–Crippen MR) is 67.1 cm³/mol. The SMILES string of the molecule is CCCC(C)C(=O)NCc1cccc(C#N)c1. The summed E-state index contributed by atoms with van der Waals surface area (Å²) < 4.78 is 0. The molecule has 0 saturated heterocycles. The third-order valence-electron chi connectivity index (χ3n) is 2.69. The van der Waals surface area contributed by atoms with Crippen LogP contribution in [-0.2, 0) is 11.3 Å². The molecule has 3 heteroatoms. The van der Waals surface area contributed by atoms with E-state index in [1.807, 2.05) is 19.1 Å². The van der Waals surface area contributed by atoms with Gasteiger partial charge in [0.2, 0.25) is 5.91 Å². The summed E-state index contributed by atoms with van der Waals surface area (Å²) in [5, 5.41) is 11.6. The first-order valence-corrected chi connectivity index (χ1v) is 5.94. The molecule has 1 aromatic rings. The lowest BCUT2D eigenvalue weighted by Gasteiger charge is -2.11. The largest absolute Gasteiger partial charge is 0.352 e. The first kappa shape index (κ1) is 13.2. The summed E-state index contributed by atoms with van der Waals surface area (Å²) in [7, 11) is 0. The number of benzene rings is 1. The summed E-state index contributed by atoms with van der Waals surface area (Å²) >= 11 is 0. The Kier molecular flexibility index (Phi) is 5.22. The van der Waals surface area contributed by atoms with Gasteiger partial charge in [-0.2, -0.15) is 5.26 Å². The van der Waals surface area contributed by atoms with E-state index in [1.54, 1.807) is 12.1 Å². The summed E-state index contributed by atoms with van der Waals surface area (Å²) in [6.07, 6.45) is 1.92. The Bertz CT molecular complexity index is 420. The van der Waals surface area contributed by atoms with E-state index in [1.165, 1.54) is 0 Å². The van der Waals surface area contributed by atoms with Crippen LogP contribution >= 0.6 is 0 Å². The molecule has 0 bridgehead atoms. The monoisotopic (exact) mass is 230 g/mol. The van der Waals surface area contributed by atoms with Crippen molar-refractivity contribution >= 4 is 5.91 Å². The summed E-state index contributed by atoms with van der Waals surface area (Å²) in [6.45, 7) is 4.49. The molecule has 0 saturated carbocycles. The molecule has 17 heavy (non-hydrogen) atoms. The number of amides is 1. The standard InChI is InChI=1S/C14H18N2O/c1-3-5-11(2)14(17)16-10-13-7-4-6-12(8-13)9-15/h4,6-8,11H,3,5,10H2,1-2H3,(H,16,17). The molecule has 0 aliphatic carbocycles. The van der Waals surface area contributed by atoms with Crippen LogP contribution in [0.5, 0.6) is 0 Å². The van der Waals surface area contributed by atoms with Crippen molar-refractivity contribution in [1.29, 1.82) is 5.26 Å². The van der Waals surface area contributed by atoms with Crippen LogP contribution in [0.25, 0.3) is 0 Å². The molecule has 90 valence electrons. The first-order chi connectivity index (χ1) is 8.17. The minimum absolute atomic E-state index is 0.0548. The molecule has 1 unspecified atom stereocenters. The van der Waals surface area contributed by atoms with Crippen molar-refractivity contribution < 1.29 is 4.79 Å². The third kappa shape index (κ3) is 4.28. The Morgan fingerprint density at radius 1 is 1.53 bits per heavy atom. The van der Waals surface area contributed by atoms with Gasteiger partial charge in [0.1, 0.15) is 0 Å². The van der Waals surface area contributed by atoms with Crippen molar-refractivity contribution in [2.45, 2.75) is 33.2 Å². The van der Waals surface area contributed by atoms with Crippen LogP contribution in [0, 0.1) is 17.2 Å². The van der Waals surface area contributed by atoms with Gasteiger partial charge in [0.05, 0.1) is 11.6 Å². The Hall–Kier alpha value is -1.82. The maximum Gasteiger partial charge on any atom is 0.223 e. The molecule has 0 heterocycles. The van der Waals surface area contributed by atoms with Crippen LogP contribution < -0.4 is 5.32 Å². The fraction of sp³-hybridized carbons (Fsp3) is 0.429. The van der Waals surface area contributed by atoms with E-state index < -0.39 is 0 Å². The number of nitrogens with zero attached hydrogens (tertiary/aromatic N) is 1. The number of hydrogen-bond donors (Lipinski definition) is 1. The molecule has 0 spiro atoms. The van der Waals surface area contributed by atoms with E-state index in [0.29, 0.717) is 12.1 Å². The highest BCUT2D eigenvalue weighted by Crippen LogP contribution is 2.07. The molecule has 0 fully saturated rings. The van der Waals surface area contributed by atoms with Crippen LogP contribution in [0.4, 0.5) is 0 Å². The second-order valence-electron chi connectivity index (χ2n) is 4.22. The van der Waals surface area contributed by atoms with Crippen LogP contribution in [0.15, 0.2) is 24.3 Å². The van der Waals surface area contributed by atoms with Gasteiger partial charge >= 0.3 is 0 Å². The minimum atomic E-state index is 0.0548. The lowest BCUT2D eigenvalue weighted by molar-refractivity contribution is -0.124. The van der Waals surface area contributed by atoms with E-state index in [-0.39, 0.29) is 11.8 Å². The Morgan fingerprint density at radius 2 is 2.29 bits per heavy atom.